The van der Waals surface area contributed by atoms with E-state index in [0.29, 0.717) is 13.0 Å². The third-order valence-electron chi connectivity index (χ3n) is 6.28. The molecule has 32 heavy (non-hydrogen) atoms. The summed E-state index contributed by atoms with van der Waals surface area (Å²) in [5.74, 6) is 0.156. The first-order valence-electron chi connectivity index (χ1n) is 12.0. The molecular weight excluding hydrogens is 402 g/mol. The van der Waals surface area contributed by atoms with Crippen LogP contribution in [0.5, 0.6) is 0 Å². The Morgan fingerprint density at radius 1 is 1.06 bits per heavy atom. The fourth-order valence-corrected chi connectivity index (χ4v) is 4.30. The fraction of sp³-hybridized carbons (Fsp3) is 0.538. The Balaban J connectivity index is 1.30. The number of rotatable bonds is 14. The maximum absolute atomic E-state index is 11.6. The Labute approximate surface area is 191 Å². The molecule has 174 valence electrons. The molecular formula is C26H37N3O3. The van der Waals surface area contributed by atoms with Crippen molar-refractivity contribution in [1.82, 2.24) is 10.3 Å². The van der Waals surface area contributed by atoms with Crippen LogP contribution in [0.15, 0.2) is 42.5 Å². The van der Waals surface area contributed by atoms with Crippen LogP contribution < -0.4 is 10.6 Å². The number of hydrogen-bond acceptors (Lipinski definition) is 5. The molecule has 0 aliphatic carbocycles. The van der Waals surface area contributed by atoms with Gasteiger partial charge < -0.3 is 20.8 Å². The number of nitrogens with one attached hydrogen (secondary N) is 2. The molecule has 6 nitrogen and oxygen atoms in total. The summed E-state index contributed by atoms with van der Waals surface area (Å²) in [5, 5.41) is 25.8. The second-order valence-electron chi connectivity index (χ2n) is 8.74. The topological polar surface area (TPSA) is 94.5 Å². The van der Waals surface area contributed by atoms with E-state index >= 15 is 0 Å². The van der Waals surface area contributed by atoms with Gasteiger partial charge in [0.15, 0.2) is 0 Å². The van der Waals surface area contributed by atoms with E-state index in [1.54, 1.807) is 0 Å². The zero-order valence-corrected chi connectivity index (χ0v) is 18.9. The van der Waals surface area contributed by atoms with E-state index in [1.165, 1.54) is 12.0 Å². The summed E-state index contributed by atoms with van der Waals surface area (Å²) in [4.78, 5) is 16.4. The molecule has 2 unspecified atom stereocenters. The van der Waals surface area contributed by atoms with E-state index in [1.807, 2.05) is 30.3 Å². The van der Waals surface area contributed by atoms with Crippen LogP contribution in [0.1, 0.15) is 67.7 Å². The molecule has 1 aliphatic rings. The molecule has 1 aromatic carbocycles. The molecule has 6 heteroatoms. The van der Waals surface area contributed by atoms with Crippen LogP contribution in [0.3, 0.4) is 0 Å². The standard InChI is InChI=1S/C26H37N3O3/c30-19-22(20-10-5-4-6-11-20)18-28-24(26(31)32)14-8-3-1-2-7-13-23-16-15-21-12-9-17-27-25(21)29-23/h4-6,10-11,15-16,22,24,28,30H,1-3,7-9,12-14,17-19H2,(H,27,29)(H,31,32). The van der Waals surface area contributed by atoms with Gasteiger partial charge in [-0.05, 0) is 49.3 Å². The largest absolute Gasteiger partial charge is 0.480 e. The number of carboxylic acid groups (broad SMARTS) is 1. The average Bonchev–Trinajstić information content (AvgIpc) is 2.82. The zero-order valence-electron chi connectivity index (χ0n) is 18.9. The first-order valence-corrected chi connectivity index (χ1v) is 12.0. The molecule has 0 fully saturated rings. The number of carbonyl (C=O) groups is 1. The van der Waals surface area contributed by atoms with E-state index in [2.05, 4.69) is 22.8 Å². The summed E-state index contributed by atoms with van der Waals surface area (Å²) in [6.07, 6.45) is 9.19. The van der Waals surface area contributed by atoms with Gasteiger partial charge in [0.1, 0.15) is 11.9 Å². The number of aliphatic hydroxyl groups is 1. The van der Waals surface area contributed by atoms with Crippen molar-refractivity contribution in [2.45, 2.75) is 69.7 Å². The van der Waals surface area contributed by atoms with Crippen LogP contribution >= 0.6 is 0 Å². The highest BCUT2D eigenvalue weighted by atomic mass is 16.4. The number of aromatic nitrogens is 1. The van der Waals surface area contributed by atoms with Gasteiger partial charge in [-0.25, -0.2) is 4.98 Å². The normalized spacial score (nSPS) is 14.9. The van der Waals surface area contributed by atoms with Crippen LogP contribution in [0.4, 0.5) is 5.82 Å². The van der Waals surface area contributed by atoms with Crippen LogP contribution in [-0.4, -0.2) is 46.9 Å². The number of nitrogens with zero attached hydrogens (tertiary/aromatic N) is 1. The zero-order chi connectivity index (χ0) is 22.6. The van der Waals surface area contributed by atoms with Crippen LogP contribution in [0, 0.1) is 0 Å². The van der Waals surface area contributed by atoms with Crippen LogP contribution in [-0.2, 0) is 17.6 Å². The molecule has 3 rings (SSSR count). The Bertz CT molecular complexity index is 828. The van der Waals surface area contributed by atoms with Gasteiger partial charge in [-0.2, -0.15) is 0 Å². The number of unbranched alkanes of at least 4 members (excludes halogenated alkanes) is 4. The highest BCUT2D eigenvalue weighted by Crippen LogP contribution is 2.21. The SMILES string of the molecule is O=C(O)C(CCCCCCCc1ccc2c(n1)NCCC2)NCC(CO)c1ccccc1. The summed E-state index contributed by atoms with van der Waals surface area (Å²) < 4.78 is 0. The number of aliphatic hydroxyl groups excluding tert-OH is 1. The van der Waals surface area contributed by atoms with Crippen molar-refractivity contribution >= 4 is 11.8 Å². The van der Waals surface area contributed by atoms with E-state index in [4.69, 9.17) is 4.98 Å². The molecule has 0 radical (unpaired) electrons. The van der Waals surface area contributed by atoms with Gasteiger partial charge in [0.05, 0.1) is 6.61 Å². The lowest BCUT2D eigenvalue weighted by Gasteiger charge is -2.20. The predicted octanol–water partition coefficient (Wildman–Crippen LogP) is 4.14. The molecule has 0 saturated carbocycles. The fourth-order valence-electron chi connectivity index (χ4n) is 4.30. The maximum Gasteiger partial charge on any atom is 0.320 e. The van der Waals surface area contributed by atoms with Crippen molar-refractivity contribution in [3.05, 3.63) is 59.3 Å². The predicted molar refractivity (Wildman–Crippen MR) is 128 cm³/mol. The Morgan fingerprint density at radius 2 is 1.84 bits per heavy atom. The minimum Gasteiger partial charge on any atom is -0.480 e. The van der Waals surface area contributed by atoms with Gasteiger partial charge in [0.2, 0.25) is 0 Å². The summed E-state index contributed by atoms with van der Waals surface area (Å²) in [6.45, 7) is 1.47. The number of aliphatic carboxylic acids is 1. The van der Waals surface area contributed by atoms with Crippen molar-refractivity contribution in [3.8, 4) is 0 Å². The number of carboxylic acids is 1. The van der Waals surface area contributed by atoms with Gasteiger partial charge in [0.25, 0.3) is 0 Å². The molecule has 2 aromatic rings. The number of pyridine rings is 1. The quantitative estimate of drug-likeness (QED) is 0.331. The molecule has 1 aliphatic heterocycles. The lowest BCUT2D eigenvalue weighted by atomic mass is 9.99. The molecule has 4 N–H and O–H groups in total. The maximum atomic E-state index is 11.6. The van der Waals surface area contributed by atoms with Gasteiger partial charge in [-0.3, -0.25) is 4.79 Å². The Hall–Kier alpha value is -2.44. The lowest BCUT2D eigenvalue weighted by molar-refractivity contribution is -0.139. The van der Waals surface area contributed by atoms with Gasteiger partial charge >= 0.3 is 5.97 Å². The molecule has 0 amide bonds. The summed E-state index contributed by atoms with van der Waals surface area (Å²) in [7, 11) is 0. The summed E-state index contributed by atoms with van der Waals surface area (Å²) in [6, 6.07) is 13.5. The van der Waals surface area contributed by atoms with Crippen molar-refractivity contribution in [3.63, 3.8) is 0 Å². The number of hydrogen-bond donors (Lipinski definition) is 4. The molecule has 2 heterocycles. The Kier molecular flexibility index (Phi) is 9.98. The molecule has 0 saturated heterocycles. The summed E-state index contributed by atoms with van der Waals surface area (Å²) >= 11 is 0. The molecule has 0 bridgehead atoms. The minimum atomic E-state index is -0.818. The smallest absolute Gasteiger partial charge is 0.320 e. The van der Waals surface area contributed by atoms with Crippen LogP contribution in [0.2, 0.25) is 0 Å². The molecule has 1 aromatic heterocycles. The summed E-state index contributed by atoms with van der Waals surface area (Å²) in [5.41, 5.74) is 3.51. The third-order valence-corrected chi connectivity index (χ3v) is 6.28. The van der Waals surface area contributed by atoms with Gasteiger partial charge in [-0.1, -0.05) is 62.1 Å². The minimum absolute atomic E-state index is 0.00150. The molecule has 0 spiro atoms. The van der Waals surface area contributed by atoms with Crippen LogP contribution in [0.25, 0.3) is 0 Å². The van der Waals surface area contributed by atoms with Crippen molar-refractivity contribution in [1.29, 1.82) is 0 Å². The number of aryl methyl sites for hydroxylation is 2. The second kappa shape index (κ2) is 13.2. The van der Waals surface area contributed by atoms with Crippen molar-refractivity contribution in [2.24, 2.45) is 0 Å². The van der Waals surface area contributed by atoms with E-state index < -0.39 is 12.0 Å². The second-order valence-corrected chi connectivity index (χ2v) is 8.74. The lowest BCUT2D eigenvalue weighted by Crippen LogP contribution is -2.39. The van der Waals surface area contributed by atoms with Crippen molar-refractivity contribution < 1.29 is 15.0 Å². The van der Waals surface area contributed by atoms with Gasteiger partial charge in [0, 0.05) is 24.7 Å². The molecule has 2 atom stereocenters. The van der Waals surface area contributed by atoms with E-state index in [-0.39, 0.29) is 12.5 Å². The number of anilines is 1. The number of benzene rings is 1. The first kappa shape index (κ1) is 24.2. The average molecular weight is 440 g/mol. The number of fused-ring (bicyclic) bond motifs is 1. The third kappa shape index (κ3) is 7.61. The highest BCUT2D eigenvalue weighted by molar-refractivity contribution is 5.73. The Morgan fingerprint density at radius 3 is 2.62 bits per heavy atom. The monoisotopic (exact) mass is 439 g/mol. The van der Waals surface area contributed by atoms with Crippen molar-refractivity contribution in [2.75, 3.05) is 25.0 Å². The highest BCUT2D eigenvalue weighted by Gasteiger charge is 2.19. The van der Waals surface area contributed by atoms with E-state index in [0.717, 1.165) is 68.6 Å². The van der Waals surface area contributed by atoms with E-state index in [9.17, 15) is 15.0 Å². The first-order chi connectivity index (χ1) is 15.7. The van der Waals surface area contributed by atoms with Gasteiger partial charge in [-0.15, -0.1) is 0 Å².